The summed E-state index contributed by atoms with van der Waals surface area (Å²) in [5, 5.41) is 20.5. The van der Waals surface area contributed by atoms with Crippen molar-refractivity contribution in [2.24, 2.45) is 0 Å². The van der Waals surface area contributed by atoms with Crippen LogP contribution in [-0.2, 0) is 4.79 Å². The van der Waals surface area contributed by atoms with Gasteiger partial charge in [0.2, 0.25) is 5.91 Å². The lowest BCUT2D eigenvalue weighted by Gasteiger charge is -2.26. The summed E-state index contributed by atoms with van der Waals surface area (Å²) in [6, 6.07) is 5.63. The molecule has 1 rings (SSSR count). The van der Waals surface area contributed by atoms with Gasteiger partial charge in [0.25, 0.3) is 0 Å². The first kappa shape index (κ1) is 15.4. The van der Waals surface area contributed by atoms with Crippen LogP contribution in [0.4, 0.5) is 4.39 Å². The Bertz CT molecular complexity index is 421. The van der Waals surface area contributed by atoms with E-state index in [1.165, 1.54) is 25.1 Å². The van der Waals surface area contributed by atoms with Crippen molar-refractivity contribution >= 4 is 5.91 Å². The standard InChI is InChI=1S/C13H18FNO4/c1-13(8-16,9-17)15-12(18)5-6-19-11-4-2-3-10(14)7-11/h2-4,7,16-17H,5-6,8-9H2,1H3,(H,15,18). The molecule has 0 aliphatic heterocycles. The highest BCUT2D eigenvalue weighted by molar-refractivity contribution is 5.76. The number of carbonyl (C=O) groups excluding carboxylic acids is 1. The molecule has 1 amide bonds. The van der Waals surface area contributed by atoms with Gasteiger partial charge in [0.15, 0.2) is 0 Å². The fourth-order valence-corrected chi connectivity index (χ4v) is 1.35. The molecule has 0 bridgehead atoms. The van der Waals surface area contributed by atoms with Gasteiger partial charge in [-0.1, -0.05) is 6.07 Å². The van der Waals surface area contributed by atoms with E-state index in [0.29, 0.717) is 5.75 Å². The number of halogens is 1. The van der Waals surface area contributed by atoms with Crippen LogP contribution in [0.1, 0.15) is 13.3 Å². The van der Waals surface area contributed by atoms with Crippen LogP contribution >= 0.6 is 0 Å². The summed E-state index contributed by atoms with van der Waals surface area (Å²) in [4.78, 5) is 11.5. The molecule has 6 heteroatoms. The van der Waals surface area contributed by atoms with E-state index in [1.807, 2.05) is 0 Å². The summed E-state index contributed by atoms with van der Waals surface area (Å²) in [7, 11) is 0. The van der Waals surface area contributed by atoms with Crippen molar-refractivity contribution in [3.8, 4) is 5.75 Å². The van der Waals surface area contributed by atoms with E-state index in [2.05, 4.69) is 5.32 Å². The van der Waals surface area contributed by atoms with Crippen LogP contribution in [0.2, 0.25) is 0 Å². The predicted molar refractivity (Wildman–Crippen MR) is 67.2 cm³/mol. The summed E-state index contributed by atoms with van der Waals surface area (Å²) in [6.07, 6.45) is 0.0477. The van der Waals surface area contributed by atoms with Crippen LogP contribution in [0, 0.1) is 5.82 Å². The van der Waals surface area contributed by atoms with Crippen molar-refractivity contribution in [1.29, 1.82) is 0 Å². The van der Waals surface area contributed by atoms with E-state index in [1.54, 1.807) is 6.07 Å². The van der Waals surface area contributed by atoms with Crippen LogP contribution in [0.15, 0.2) is 24.3 Å². The molecule has 0 unspecified atom stereocenters. The highest BCUT2D eigenvalue weighted by Crippen LogP contribution is 2.12. The van der Waals surface area contributed by atoms with Crippen molar-refractivity contribution in [2.75, 3.05) is 19.8 Å². The topological polar surface area (TPSA) is 78.8 Å². The zero-order valence-corrected chi connectivity index (χ0v) is 10.7. The minimum atomic E-state index is -1.05. The summed E-state index contributed by atoms with van der Waals surface area (Å²) in [5.74, 6) is -0.419. The van der Waals surface area contributed by atoms with Gasteiger partial charge >= 0.3 is 0 Å². The molecule has 0 saturated heterocycles. The van der Waals surface area contributed by atoms with E-state index in [0.717, 1.165) is 0 Å². The first-order valence-corrected chi connectivity index (χ1v) is 5.90. The van der Waals surface area contributed by atoms with Crippen molar-refractivity contribution in [3.05, 3.63) is 30.1 Å². The van der Waals surface area contributed by atoms with Gasteiger partial charge in [0.1, 0.15) is 11.6 Å². The second-order valence-electron chi connectivity index (χ2n) is 4.48. The first-order valence-electron chi connectivity index (χ1n) is 5.90. The molecule has 0 saturated carbocycles. The maximum absolute atomic E-state index is 12.9. The normalized spacial score (nSPS) is 11.2. The Labute approximate surface area is 111 Å². The van der Waals surface area contributed by atoms with Crippen molar-refractivity contribution in [2.45, 2.75) is 18.9 Å². The van der Waals surface area contributed by atoms with Crippen LogP contribution in [0.25, 0.3) is 0 Å². The molecule has 0 aromatic heterocycles. The number of aliphatic hydroxyl groups is 2. The Morgan fingerprint density at radius 3 is 2.68 bits per heavy atom. The maximum atomic E-state index is 12.9. The molecule has 106 valence electrons. The molecule has 0 heterocycles. The Kier molecular flexibility index (Phi) is 5.72. The van der Waals surface area contributed by atoms with Crippen LogP contribution in [-0.4, -0.2) is 41.5 Å². The third-order valence-electron chi connectivity index (χ3n) is 2.53. The number of amides is 1. The van der Waals surface area contributed by atoms with Crippen LogP contribution < -0.4 is 10.1 Å². The smallest absolute Gasteiger partial charge is 0.224 e. The number of hydrogen-bond donors (Lipinski definition) is 3. The van der Waals surface area contributed by atoms with E-state index in [9.17, 15) is 9.18 Å². The largest absolute Gasteiger partial charge is 0.493 e. The van der Waals surface area contributed by atoms with E-state index >= 15 is 0 Å². The van der Waals surface area contributed by atoms with Crippen LogP contribution in [0.5, 0.6) is 5.75 Å². The average Bonchev–Trinajstić information content (AvgIpc) is 2.38. The molecule has 1 aromatic rings. The van der Waals surface area contributed by atoms with Gasteiger partial charge in [-0.25, -0.2) is 4.39 Å². The van der Waals surface area contributed by atoms with E-state index in [-0.39, 0.29) is 32.1 Å². The quantitative estimate of drug-likeness (QED) is 0.673. The molecule has 0 atom stereocenters. The van der Waals surface area contributed by atoms with Gasteiger partial charge < -0.3 is 20.3 Å². The Hall–Kier alpha value is -1.66. The lowest BCUT2D eigenvalue weighted by Crippen LogP contribution is -2.51. The molecular formula is C13H18FNO4. The molecule has 0 fully saturated rings. The summed E-state index contributed by atoms with van der Waals surface area (Å²) < 4.78 is 18.1. The number of ether oxygens (including phenoxy) is 1. The van der Waals surface area contributed by atoms with Gasteiger partial charge in [-0.3, -0.25) is 4.79 Å². The van der Waals surface area contributed by atoms with Gasteiger partial charge in [-0.2, -0.15) is 0 Å². The van der Waals surface area contributed by atoms with Crippen LogP contribution in [0.3, 0.4) is 0 Å². The van der Waals surface area contributed by atoms with E-state index < -0.39 is 11.4 Å². The number of hydrogen-bond acceptors (Lipinski definition) is 4. The number of benzene rings is 1. The molecule has 0 aliphatic rings. The lowest BCUT2D eigenvalue weighted by molar-refractivity contribution is -0.124. The van der Waals surface area contributed by atoms with Gasteiger partial charge in [0.05, 0.1) is 31.8 Å². The summed E-state index contributed by atoms with van der Waals surface area (Å²) >= 11 is 0. The van der Waals surface area contributed by atoms with Gasteiger partial charge in [-0.05, 0) is 19.1 Å². The molecule has 19 heavy (non-hydrogen) atoms. The minimum absolute atomic E-state index is 0.0477. The Morgan fingerprint density at radius 2 is 2.11 bits per heavy atom. The fourth-order valence-electron chi connectivity index (χ4n) is 1.35. The predicted octanol–water partition coefficient (Wildman–Crippen LogP) is 0.454. The number of aliphatic hydroxyl groups excluding tert-OH is 2. The van der Waals surface area contributed by atoms with Crippen molar-refractivity contribution in [1.82, 2.24) is 5.32 Å². The first-order chi connectivity index (χ1) is 8.99. The molecule has 5 nitrogen and oxygen atoms in total. The Balaban J connectivity index is 2.35. The number of rotatable bonds is 7. The second-order valence-corrected chi connectivity index (χ2v) is 4.48. The zero-order chi connectivity index (χ0) is 14.3. The Morgan fingerprint density at radius 1 is 1.42 bits per heavy atom. The monoisotopic (exact) mass is 271 g/mol. The van der Waals surface area contributed by atoms with Crippen molar-refractivity contribution < 1.29 is 24.1 Å². The lowest BCUT2D eigenvalue weighted by atomic mass is 10.1. The average molecular weight is 271 g/mol. The molecular weight excluding hydrogens is 253 g/mol. The zero-order valence-electron chi connectivity index (χ0n) is 10.7. The second kappa shape index (κ2) is 7.06. The number of carbonyl (C=O) groups is 1. The minimum Gasteiger partial charge on any atom is -0.493 e. The molecule has 3 N–H and O–H groups in total. The fraction of sp³-hybridized carbons (Fsp3) is 0.462. The maximum Gasteiger partial charge on any atom is 0.224 e. The van der Waals surface area contributed by atoms with Gasteiger partial charge in [-0.15, -0.1) is 0 Å². The third kappa shape index (κ3) is 5.23. The molecule has 1 aromatic carbocycles. The number of nitrogens with one attached hydrogen (secondary N) is 1. The van der Waals surface area contributed by atoms with E-state index in [4.69, 9.17) is 14.9 Å². The van der Waals surface area contributed by atoms with Gasteiger partial charge in [0, 0.05) is 6.07 Å². The summed E-state index contributed by atoms with van der Waals surface area (Å²) in [6.45, 7) is 0.889. The third-order valence-corrected chi connectivity index (χ3v) is 2.53. The molecule has 0 radical (unpaired) electrons. The molecule has 0 spiro atoms. The summed E-state index contributed by atoms with van der Waals surface area (Å²) in [5.41, 5.74) is -1.05. The highest BCUT2D eigenvalue weighted by atomic mass is 19.1. The van der Waals surface area contributed by atoms with Crippen molar-refractivity contribution in [3.63, 3.8) is 0 Å². The highest BCUT2D eigenvalue weighted by Gasteiger charge is 2.24. The SMILES string of the molecule is CC(CO)(CO)NC(=O)CCOc1cccc(F)c1. The molecule has 0 aliphatic carbocycles.